The molecule has 196 valence electrons. The highest BCUT2D eigenvalue weighted by molar-refractivity contribution is 5.86. The van der Waals surface area contributed by atoms with Crippen LogP contribution in [0.25, 0.3) is 22.4 Å². The molecule has 0 unspecified atom stereocenters. The van der Waals surface area contributed by atoms with Crippen LogP contribution in [0.15, 0.2) is 97.3 Å². The van der Waals surface area contributed by atoms with Gasteiger partial charge in [0.05, 0.1) is 11.4 Å². The number of pyridine rings is 2. The molecule has 2 aliphatic heterocycles. The maximum absolute atomic E-state index is 4.96. The molecule has 4 aromatic rings. The van der Waals surface area contributed by atoms with Crippen LogP contribution in [-0.4, -0.2) is 54.6 Å². The highest BCUT2D eigenvalue weighted by Gasteiger charge is 2.16. The summed E-state index contributed by atoms with van der Waals surface area (Å²) < 4.78 is 0. The molecule has 1 fully saturated rings. The first kappa shape index (κ1) is 25.1. The van der Waals surface area contributed by atoms with Gasteiger partial charge in [0, 0.05) is 67.6 Å². The van der Waals surface area contributed by atoms with Crippen molar-refractivity contribution in [3.8, 4) is 11.1 Å². The molecule has 39 heavy (non-hydrogen) atoms. The molecule has 4 heterocycles. The van der Waals surface area contributed by atoms with Crippen molar-refractivity contribution < 1.29 is 0 Å². The fourth-order valence-corrected chi connectivity index (χ4v) is 5.35. The van der Waals surface area contributed by atoms with E-state index >= 15 is 0 Å². The minimum atomic E-state index is 0.755. The zero-order valence-electron chi connectivity index (χ0n) is 22.8. The lowest BCUT2D eigenvalue weighted by molar-refractivity contribution is 0.313. The van der Waals surface area contributed by atoms with E-state index in [-0.39, 0.29) is 0 Å². The van der Waals surface area contributed by atoms with Crippen LogP contribution in [0.3, 0.4) is 0 Å². The maximum atomic E-state index is 4.96. The van der Waals surface area contributed by atoms with E-state index in [1.54, 1.807) is 0 Å². The molecule has 0 radical (unpaired) electrons. The number of allylic oxidation sites excluding steroid dienone is 2. The number of piperazine rings is 1. The molecule has 5 nitrogen and oxygen atoms in total. The Labute approximate surface area is 231 Å². The molecule has 1 saturated heterocycles. The van der Waals surface area contributed by atoms with Crippen LogP contribution >= 0.6 is 0 Å². The molecule has 1 N–H and O–H groups in total. The normalized spacial score (nSPS) is 15.9. The van der Waals surface area contributed by atoms with Gasteiger partial charge < -0.3 is 15.1 Å². The Balaban J connectivity index is 1.25. The molecular weight excluding hydrogens is 478 g/mol. The SMILES string of the molecule is Cc1ccc(Cc2ccccc2)c(C2=CC(c3cncc(-c4ccc(N5CCN(C)CC5)cc4)c3)=CCN2)n1. The van der Waals surface area contributed by atoms with E-state index in [4.69, 9.17) is 4.98 Å². The van der Waals surface area contributed by atoms with Crippen LogP contribution in [0.2, 0.25) is 0 Å². The molecule has 0 spiro atoms. The molecule has 2 aromatic heterocycles. The molecule has 2 aliphatic rings. The number of hydrogen-bond donors (Lipinski definition) is 1. The second-order valence-corrected chi connectivity index (χ2v) is 10.5. The van der Waals surface area contributed by atoms with E-state index in [1.165, 1.54) is 28.0 Å². The molecular formula is C34H35N5. The van der Waals surface area contributed by atoms with E-state index in [2.05, 4.69) is 119 Å². The van der Waals surface area contributed by atoms with Gasteiger partial charge >= 0.3 is 0 Å². The Morgan fingerprint density at radius 3 is 2.38 bits per heavy atom. The molecule has 6 rings (SSSR count). The number of anilines is 1. The minimum Gasteiger partial charge on any atom is -0.380 e. The fourth-order valence-electron chi connectivity index (χ4n) is 5.35. The summed E-state index contributed by atoms with van der Waals surface area (Å²) in [6.07, 6.45) is 9.22. The van der Waals surface area contributed by atoms with Crippen molar-refractivity contribution in [2.24, 2.45) is 0 Å². The number of benzene rings is 2. The molecule has 0 bridgehead atoms. The van der Waals surface area contributed by atoms with Crippen molar-refractivity contribution in [1.82, 2.24) is 20.2 Å². The highest BCUT2D eigenvalue weighted by Crippen LogP contribution is 2.29. The first-order valence-corrected chi connectivity index (χ1v) is 13.8. The summed E-state index contributed by atoms with van der Waals surface area (Å²) in [5, 5.41) is 3.57. The van der Waals surface area contributed by atoms with Crippen molar-refractivity contribution in [3.05, 3.63) is 125 Å². The van der Waals surface area contributed by atoms with Gasteiger partial charge in [-0.15, -0.1) is 0 Å². The van der Waals surface area contributed by atoms with Crippen molar-refractivity contribution >= 4 is 17.0 Å². The number of aryl methyl sites for hydroxylation is 1. The summed E-state index contributed by atoms with van der Waals surface area (Å²) in [4.78, 5) is 14.4. The zero-order chi connectivity index (χ0) is 26.6. The largest absolute Gasteiger partial charge is 0.380 e. The second-order valence-electron chi connectivity index (χ2n) is 10.5. The molecule has 0 amide bonds. The van der Waals surface area contributed by atoms with Gasteiger partial charge in [-0.2, -0.15) is 0 Å². The predicted octanol–water partition coefficient (Wildman–Crippen LogP) is 5.82. The first-order valence-electron chi connectivity index (χ1n) is 13.8. The lowest BCUT2D eigenvalue weighted by Gasteiger charge is -2.34. The number of dihydropyridines is 1. The zero-order valence-corrected chi connectivity index (χ0v) is 22.8. The van der Waals surface area contributed by atoms with E-state index in [9.17, 15) is 0 Å². The third kappa shape index (κ3) is 5.79. The molecule has 5 heteroatoms. The Morgan fingerprint density at radius 1 is 0.821 bits per heavy atom. The number of aromatic nitrogens is 2. The topological polar surface area (TPSA) is 44.3 Å². The average Bonchev–Trinajstić information content (AvgIpc) is 2.99. The summed E-state index contributed by atoms with van der Waals surface area (Å²) >= 11 is 0. The van der Waals surface area contributed by atoms with Crippen LogP contribution in [0.1, 0.15) is 28.1 Å². The summed E-state index contributed by atoms with van der Waals surface area (Å²) in [6, 6.07) is 26.1. The van der Waals surface area contributed by atoms with Crippen molar-refractivity contribution in [1.29, 1.82) is 0 Å². The van der Waals surface area contributed by atoms with E-state index < -0.39 is 0 Å². The number of hydrogen-bond acceptors (Lipinski definition) is 5. The Morgan fingerprint density at radius 2 is 1.59 bits per heavy atom. The van der Waals surface area contributed by atoms with Crippen LogP contribution < -0.4 is 10.2 Å². The van der Waals surface area contributed by atoms with Gasteiger partial charge in [-0.3, -0.25) is 9.97 Å². The van der Waals surface area contributed by atoms with Crippen molar-refractivity contribution in [3.63, 3.8) is 0 Å². The van der Waals surface area contributed by atoms with Crippen LogP contribution in [0.4, 0.5) is 5.69 Å². The smallest absolute Gasteiger partial charge is 0.0899 e. The molecule has 0 atom stereocenters. The van der Waals surface area contributed by atoms with Crippen molar-refractivity contribution in [2.75, 3.05) is 44.7 Å². The van der Waals surface area contributed by atoms with Gasteiger partial charge in [0.25, 0.3) is 0 Å². The first-order chi connectivity index (χ1) is 19.1. The van der Waals surface area contributed by atoms with Crippen LogP contribution in [-0.2, 0) is 6.42 Å². The second kappa shape index (κ2) is 11.3. The predicted molar refractivity (Wildman–Crippen MR) is 162 cm³/mol. The third-order valence-electron chi connectivity index (χ3n) is 7.67. The maximum Gasteiger partial charge on any atom is 0.0899 e. The number of nitrogens with zero attached hydrogens (tertiary/aromatic N) is 4. The monoisotopic (exact) mass is 513 g/mol. The standard InChI is InChI=1S/C34H35N5/c1-25-8-9-29(20-26-6-4-3-5-7-26)34(37-25)33-22-28(14-15-36-33)31-21-30(23-35-24-31)27-10-12-32(13-11-27)39-18-16-38(2)17-19-39/h3-14,21-24,36H,15-20H2,1-2H3. The minimum absolute atomic E-state index is 0.755. The summed E-state index contributed by atoms with van der Waals surface area (Å²) in [6.45, 7) is 7.18. The highest BCUT2D eigenvalue weighted by atomic mass is 15.2. The van der Waals surface area contributed by atoms with Crippen LogP contribution in [0, 0.1) is 6.92 Å². The Kier molecular flexibility index (Phi) is 7.24. The van der Waals surface area contributed by atoms with E-state index in [0.717, 1.165) is 67.4 Å². The lowest BCUT2D eigenvalue weighted by atomic mass is 9.96. The average molecular weight is 514 g/mol. The number of rotatable bonds is 6. The van der Waals surface area contributed by atoms with Gasteiger partial charge in [-0.05, 0) is 73.0 Å². The number of likely N-dealkylation sites (N-methyl/N-ethyl adjacent to an activating group) is 1. The summed E-state index contributed by atoms with van der Waals surface area (Å²) in [5.41, 5.74) is 11.5. The number of nitrogens with one attached hydrogen (secondary N) is 1. The van der Waals surface area contributed by atoms with Gasteiger partial charge in [-0.25, -0.2) is 0 Å². The van der Waals surface area contributed by atoms with Gasteiger partial charge in [0.2, 0.25) is 0 Å². The van der Waals surface area contributed by atoms with E-state index in [1.807, 2.05) is 12.4 Å². The van der Waals surface area contributed by atoms with Crippen molar-refractivity contribution in [2.45, 2.75) is 13.3 Å². The van der Waals surface area contributed by atoms with Gasteiger partial charge in [0.15, 0.2) is 0 Å². The fraction of sp³-hybridized carbons (Fsp3) is 0.235. The third-order valence-corrected chi connectivity index (χ3v) is 7.67. The van der Waals surface area contributed by atoms with Crippen LogP contribution in [0.5, 0.6) is 0 Å². The van der Waals surface area contributed by atoms with Gasteiger partial charge in [0.1, 0.15) is 0 Å². The molecule has 0 saturated carbocycles. The Hall–Kier alpha value is -4.22. The Bertz CT molecular complexity index is 1500. The van der Waals surface area contributed by atoms with E-state index in [0.29, 0.717) is 0 Å². The summed E-state index contributed by atoms with van der Waals surface area (Å²) in [5.74, 6) is 0. The quantitative estimate of drug-likeness (QED) is 0.352. The van der Waals surface area contributed by atoms with Gasteiger partial charge in [-0.1, -0.05) is 54.6 Å². The molecule has 0 aliphatic carbocycles. The summed E-state index contributed by atoms with van der Waals surface area (Å²) in [7, 11) is 2.19. The molecule has 2 aromatic carbocycles. The lowest BCUT2D eigenvalue weighted by Crippen LogP contribution is -2.44.